The van der Waals surface area contributed by atoms with Gasteiger partial charge < -0.3 is 5.32 Å². The van der Waals surface area contributed by atoms with Crippen molar-refractivity contribution in [2.24, 2.45) is 0 Å². The predicted molar refractivity (Wildman–Crippen MR) is 97.0 cm³/mol. The van der Waals surface area contributed by atoms with Gasteiger partial charge >= 0.3 is 0 Å². The van der Waals surface area contributed by atoms with Gasteiger partial charge in [0.25, 0.3) is 5.91 Å². The molecule has 0 aliphatic carbocycles. The largest absolute Gasteiger partial charge is 0.350 e. The van der Waals surface area contributed by atoms with E-state index in [0.717, 1.165) is 29.4 Å². The van der Waals surface area contributed by atoms with Crippen molar-refractivity contribution < 1.29 is 4.79 Å². The number of thiazole rings is 1. The number of nitrogens with zero attached hydrogens (tertiary/aromatic N) is 2. The first-order valence-corrected chi connectivity index (χ1v) is 8.97. The summed E-state index contributed by atoms with van der Waals surface area (Å²) in [5.41, 5.74) is 2.68. The molecule has 0 aliphatic heterocycles. The van der Waals surface area contributed by atoms with Crippen LogP contribution in [0.5, 0.6) is 0 Å². The van der Waals surface area contributed by atoms with Crippen molar-refractivity contribution in [3.63, 3.8) is 0 Å². The van der Waals surface area contributed by atoms with E-state index in [4.69, 9.17) is 0 Å². The average Bonchev–Trinajstić information content (AvgIpc) is 3.00. The molecule has 4 nitrogen and oxygen atoms in total. The summed E-state index contributed by atoms with van der Waals surface area (Å²) in [6.45, 7) is 11.0. The van der Waals surface area contributed by atoms with E-state index in [1.807, 2.05) is 36.6 Å². The zero-order valence-corrected chi connectivity index (χ0v) is 15.1. The minimum Gasteiger partial charge on any atom is -0.350 e. The fourth-order valence-corrected chi connectivity index (χ4v) is 3.39. The molecule has 1 aromatic carbocycles. The second kappa shape index (κ2) is 8.22. The first-order valence-electron chi connectivity index (χ1n) is 8.10. The summed E-state index contributed by atoms with van der Waals surface area (Å²) in [4.78, 5) is 19.2. The Hall–Kier alpha value is -1.72. The van der Waals surface area contributed by atoms with Crippen molar-refractivity contribution in [2.45, 2.75) is 33.7 Å². The van der Waals surface area contributed by atoms with Gasteiger partial charge in [0.2, 0.25) is 0 Å². The normalized spacial score (nSPS) is 12.4. The minimum atomic E-state index is -0.0286. The van der Waals surface area contributed by atoms with Crippen LogP contribution in [0.1, 0.15) is 36.8 Å². The van der Waals surface area contributed by atoms with Gasteiger partial charge in [-0.25, -0.2) is 4.98 Å². The highest BCUT2D eigenvalue weighted by Crippen LogP contribution is 2.24. The van der Waals surface area contributed by atoms with Gasteiger partial charge in [0.05, 0.1) is 0 Å². The molecule has 1 amide bonds. The Morgan fingerprint density at radius 3 is 2.70 bits per heavy atom. The van der Waals surface area contributed by atoms with Crippen LogP contribution >= 0.6 is 11.3 Å². The lowest BCUT2D eigenvalue weighted by atomic mass is 10.1. The number of aryl methyl sites for hydroxylation is 1. The molecular formula is C18H25N3OS. The molecule has 1 unspecified atom stereocenters. The van der Waals surface area contributed by atoms with Crippen LogP contribution in [-0.4, -0.2) is 41.5 Å². The average molecular weight is 331 g/mol. The van der Waals surface area contributed by atoms with Gasteiger partial charge in [0.1, 0.15) is 5.01 Å². The predicted octanol–water partition coefficient (Wildman–Crippen LogP) is 3.58. The van der Waals surface area contributed by atoms with Crippen molar-refractivity contribution in [3.05, 3.63) is 40.9 Å². The summed E-state index contributed by atoms with van der Waals surface area (Å²) in [7, 11) is 0. The summed E-state index contributed by atoms with van der Waals surface area (Å²) in [5, 5.41) is 6.01. The molecule has 1 aromatic heterocycles. The second-order valence-corrected chi connectivity index (χ2v) is 6.51. The van der Waals surface area contributed by atoms with Gasteiger partial charge in [-0.2, -0.15) is 0 Å². The summed E-state index contributed by atoms with van der Waals surface area (Å²) in [6, 6.07) is 8.00. The van der Waals surface area contributed by atoms with Crippen LogP contribution in [0.2, 0.25) is 0 Å². The van der Waals surface area contributed by atoms with Gasteiger partial charge in [0, 0.05) is 34.8 Å². The SMILES string of the molecule is CCN(CC)C(C)CNC(=O)c1cccc(-c2nc(C)cs2)c1. The van der Waals surface area contributed by atoms with Crippen molar-refractivity contribution in [2.75, 3.05) is 19.6 Å². The van der Waals surface area contributed by atoms with Crippen molar-refractivity contribution in [1.29, 1.82) is 0 Å². The molecule has 0 aliphatic rings. The Morgan fingerprint density at radius 2 is 2.09 bits per heavy atom. The summed E-state index contributed by atoms with van der Waals surface area (Å²) in [6.07, 6.45) is 0. The van der Waals surface area contributed by atoms with E-state index in [1.54, 1.807) is 11.3 Å². The molecule has 5 heteroatoms. The van der Waals surface area contributed by atoms with E-state index in [-0.39, 0.29) is 5.91 Å². The first-order chi connectivity index (χ1) is 11.0. The van der Waals surface area contributed by atoms with E-state index >= 15 is 0 Å². The zero-order chi connectivity index (χ0) is 16.8. The van der Waals surface area contributed by atoms with E-state index in [9.17, 15) is 4.79 Å². The van der Waals surface area contributed by atoms with Crippen LogP contribution in [0, 0.1) is 6.92 Å². The molecule has 0 fully saturated rings. The number of benzene rings is 1. The standard InChI is InChI=1S/C18H25N3OS/c1-5-21(6-2)14(4)11-19-17(22)15-8-7-9-16(10-15)18-20-13(3)12-23-18/h7-10,12,14H,5-6,11H2,1-4H3,(H,19,22). The number of carbonyl (C=O) groups is 1. The Bertz CT molecular complexity index is 649. The molecule has 2 rings (SSSR count). The quantitative estimate of drug-likeness (QED) is 0.843. The number of aromatic nitrogens is 1. The highest BCUT2D eigenvalue weighted by molar-refractivity contribution is 7.13. The Morgan fingerprint density at radius 1 is 1.35 bits per heavy atom. The molecule has 0 bridgehead atoms. The zero-order valence-electron chi connectivity index (χ0n) is 14.3. The fraction of sp³-hybridized carbons (Fsp3) is 0.444. The third-order valence-electron chi connectivity index (χ3n) is 3.98. The van der Waals surface area contributed by atoms with Gasteiger partial charge in [-0.1, -0.05) is 26.0 Å². The maximum Gasteiger partial charge on any atom is 0.251 e. The van der Waals surface area contributed by atoms with Gasteiger partial charge in [-0.15, -0.1) is 11.3 Å². The number of likely N-dealkylation sites (N-methyl/N-ethyl adjacent to an activating group) is 1. The number of carbonyl (C=O) groups excluding carboxylic acids is 1. The van der Waals surface area contributed by atoms with Gasteiger partial charge in [-0.3, -0.25) is 9.69 Å². The van der Waals surface area contributed by atoms with Crippen molar-refractivity contribution in [3.8, 4) is 10.6 Å². The molecule has 23 heavy (non-hydrogen) atoms. The second-order valence-electron chi connectivity index (χ2n) is 5.66. The molecule has 1 heterocycles. The van der Waals surface area contributed by atoms with Crippen LogP contribution in [0.4, 0.5) is 0 Å². The maximum atomic E-state index is 12.4. The third-order valence-corrected chi connectivity index (χ3v) is 4.99. The molecule has 0 radical (unpaired) electrons. The highest BCUT2D eigenvalue weighted by Gasteiger charge is 2.13. The minimum absolute atomic E-state index is 0.0286. The maximum absolute atomic E-state index is 12.4. The topological polar surface area (TPSA) is 45.2 Å². The fourth-order valence-electron chi connectivity index (χ4n) is 2.60. The Labute approximate surface area is 142 Å². The van der Waals surface area contributed by atoms with Crippen LogP contribution in [0.3, 0.4) is 0 Å². The molecule has 124 valence electrons. The molecule has 0 saturated heterocycles. The third kappa shape index (κ3) is 4.62. The molecule has 0 saturated carbocycles. The highest BCUT2D eigenvalue weighted by atomic mass is 32.1. The van der Waals surface area contributed by atoms with Crippen LogP contribution in [-0.2, 0) is 0 Å². The first kappa shape index (κ1) is 17.6. The molecule has 1 atom stereocenters. The lowest BCUT2D eigenvalue weighted by molar-refractivity contribution is 0.0938. The summed E-state index contributed by atoms with van der Waals surface area (Å²) >= 11 is 1.60. The monoisotopic (exact) mass is 331 g/mol. The summed E-state index contributed by atoms with van der Waals surface area (Å²) < 4.78 is 0. The van der Waals surface area contributed by atoms with E-state index < -0.39 is 0 Å². The summed E-state index contributed by atoms with van der Waals surface area (Å²) in [5.74, 6) is -0.0286. The molecular weight excluding hydrogens is 306 g/mol. The Balaban J connectivity index is 2.03. The van der Waals surface area contributed by atoms with Crippen LogP contribution in [0.25, 0.3) is 10.6 Å². The van der Waals surface area contributed by atoms with Gasteiger partial charge in [-0.05, 0) is 39.1 Å². The number of hydrogen-bond acceptors (Lipinski definition) is 4. The molecule has 0 spiro atoms. The number of hydrogen-bond donors (Lipinski definition) is 1. The van der Waals surface area contributed by atoms with Crippen LogP contribution < -0.4 is 5.32 Å². The van der Waals surface area contributed by atoms with E-state index in [1.165, 1.54) is 0 Å². The number of nitrogens with one attached hydrogen (secondary N) is 1. The van der Waals surface area contributed by atoms with Crippen LogP contribution in [0.15, 0.2) is 29.6 Å². The van der Waals surface area contributed by atoms with Crippen molar-refractivity contribution in [1.82, 2.24) is 15.2 Å². The Kier molecular flexibility index (Phi) is 6.30. The number of rotatable bonds is 7. The number of amides is 1. The smallest absolute Gasteiger partial charge is 0.251 e. The van der Waals surface area contributed by atoms with Gasteiger partial charge in [0.15, 0.2) is 0 Å². The van der Waals surface area contributed by atoms with E-state index in [0.29, 0.717) is 18.2 Å². The molecule has 2 aromatic rings. The van der Waals surface area contributed by atoms with E-state index in [2.05, 4.69) is 36.0 Å². The molecule has 1 N–H and O–H groups in total. The van der Waals surface area contributed by atoms with Crippen molar-refractivity contribution >= 4 is 17.2 Å². The lowest BCUT2D eigenvalue weighted by Crippen LogP contribution is -2.42. The lowest BCUT2D eigenvalue weighted by Gasteiger charge is -2.26.